The van der Waals surface area contributed by atoms with Crippen molar-refractivity contribution in [3.8, 4) is 0 Å². The summed E-state index contributed by atoms with van der Waals surface area (Å²) in [7, 11) is 0. The molecule has 0 aromatic heterocycles. The largest absolute Gasteiger partial charge is 0.361 e. The van der Waals surface area contributed by atoms with Gasteiger partial charge in [-0.2, -0.15) is 0 Å². The van der Waals surface area contributed by atoms with Crippen molar-refractivity contribution in [2.24, 2.45) is 5.73 Å². The van der Waals surface area contributed by atoms with Crippen LogP contribution in [-0.2, 0) is 4.74 Å². The summed E-state index contributed by atoms with van der Waals surface area (Å²) in [6, 6.07) is 0. The van der Waals surface area contributed by atoms with E-state index in [2.05, 4.69) is 6.92 Å². The minimum atomic E-state index is -0.519. The molecule has 1 radical (unpaired) electrons. The van der Waals surface area contributed by atoms with Gasteiger partial charge < -0.3 is 10.5 Å². The molecule has 1 unspecified atom stereocenters. The molecule has 0 saturated heterocycles. The van der Waals surface area contributed by atoms with E-state index in [4.69, 9.17) is 10.5 Å². The highest BCUT2D eigenvalue weighted by molar-refractivity contribution is 4.66. The van der Waals surface area contributed by atoms with E-state index in [-0.39, 0.29) is 0 Å². The quantitative estimate of drug-likeness (QED) is 0.556. The average molecular weight is 116 g/mol. The first kappa shape index (κ1) is 7.92. The first-order valence-corrected chi connectivity index (χ1v) is 2.84. The van der Waals surface area contributed by atoms with E-state index in [1.165, 1.54) is 0 Å². The van der Waals surface area contributed by atoms with Gasteiger partial charge in [-0.3, -0.25) is 0 Å². The zero-order valence-electron chi connectivity index (χ0n) is 5.61. The van der Waals surface area contributed by atoms with Gasteiger partial charge in [-0.05, 0) is 27.2 Å². The smallest absolute Gasteiger partial charge is 0.113 e. The Labute approximate surface area is 51.0 Å². The Morgan fingerprint density at radius 3 is 2.38 bits per heavy atom. The van der Waals surface area contributed by atoms with Gasteiger partial charge in [0.1, 0.15) is 5.72 Å². The lowest BCUT2D eigenvalue weighted by Crippen LogP contribution is -2.38. The van der Waals surface area contributed by atoms with Gasteiger partial charge in [-0.15, -0.1) is 0 Å². The Bertz CT molecular complexity index is 61.5. The Balaban J connectivity index is 3.37. The molecule has 2 heteroatoms. The van der Waals surface area contributed by atoms with Crippen molar-refractivity contribution < 1.29 is 4.74 Å². The first-order valence-electron chi connectivity index (χ1n) is 2.84. The predicted octanol–water partition coefficient (Wildman–Crippen LogP) is 0.922. The van der Waals surface area contributed by atoms with Crippen LogP contribution in [0, 0.1) is 6.92 Å². The molecule has 0 spiro atoms. The van der Waals surface area contributed by atoms with Gasteiger partial charge in [0.2, 0.25) is 0 Å². The summed E-state index contributed by atoms with van der Waals surface area (Å²) < 4.78 is 5.09. The van der Waals surface area contributed by atoms with E-state index < -0.39 is 5.72 Å². The zero-order valence-corrected chi connectivity index (χ0v) is 5.61. The molecule has 0 aliphatic rings. The highest BCUT2D eigenvalue weighted by Gasteiger charge is 2.13. The number of hydrogen-bond acceptors (Lipinski definition) is 2. The van der Waals surface area contributed by atoms with Crippen LogP contribution in [0.2, 0.25) is 0 Å². The molecule has 0 heterocycles. The second-order valence-electron chi connectivity index (χ2n) is 2.00. The van der Waals surface area contributed by atoms with Gasteiger partial charge in [-0.1, -0.05) is 0 Å². The van der Waals surface area contributed by atoms with Crippen LogP contribution < -0.4 is 5.73 Å². The van der Waals surface area contributed by atoms with E-state index in [0.29, 0.717) is 13.0 Å². The van der Waals surface area contributed by atoms with Gasteiger partial charge in [0.05, 0.1) is 0 Å². The van der Waals surface area contributed by atoms with E-state index >= 15 is 0 Å². The summed E-state index contributed by atoms with van der Waals surface area (Å²) in [6.45, 7) is 8.02. The molecule has 2 N–H and O–H groups in total. The molecule has 0 rings (SSSR count). The van der Waals surface area contributed by atoms with Gasteiger partial charge >= 0.3 is 0 Å². The minimum absolute atomic E-state index is 0.519. The number of ether oxygens (including phenoxy) is 1. The molecule has 8 heavy (non-hydrogen) atoms. The van der Waals surface area contributed by atoms with E-state index in [0.717, 1.165) is 0 Å². The Hall–Kier alpha value is -0.0800. The third kappa shape index (κ3) is 2.99. The normalized spacial score (nSPS) is 18.0. The fourth-order valence-electron chi connectivity index (χ4n) is 0.402. The van der Waals surface area contributed by atoms with Crippen LogP contribution in [0.15, 0.2) is 0 Å². The lowest BCUT2D eigenvalue weighted by atomic mass is 10.2. The predicted molar refractivity (Wildman–Crippen MR) is 34.2 cm³/mol. The third-order valence-corrected chi connectivity index (χ3v) is 0.970. The molecule has 49 valence electrons. The lowest BCUT2D eigenvalue weighted by molar-refractivity contribution is -0.0179. The van der Waals surface area contributed by atoms with Crippen LogP contribution in [0.4, 0.5) is 0 Å². The number of rotatable bonds is 3. The first-order chi connectivity index (χ1) is 3.62. The van der Waals surface area contributed by atoms with Crippen molar-refractivity contribution in [1.82, 2.24) is 0 Å². The SMILES string of the molecule is [CH2]CC(C)(N)OCC. The molecule has 1 atom stereocenters. The lowest BCUT2D eigenvalue weighted by Gasteiger charge is -2.21. The Morgan fingerprint density at radius 1 is 1.75 bits per heavy atom. The summed E-state index contributed by atoms with van der Waals surface area (Å²) >= 11 is 0. The van der Waals surface area contributed by atoms with Crippen molar-refractivity contribution in [3.63, 3.8) is 0 Å². The monoisotopic (exact) mass is 116 g/mol. The summed E-state index contributed by atoms with van der Waals surface area (Å²) in [5.74, 6) is 0. The molecule has 0 amide bonds. The molecular formula is C6H14NO. The van der Waals surface area contributed by atoms with Crippen molar-refractivity contribution >= 4 is 0 Å². The van der Waals surface area contributed by atoms with Crippen LogP contribution in [0.25, 0.3) is 0 Å². The maximum absolute atomic E-state index is 5.54. The summed E-state index contributed by atoms with van der Waals surface area (Å²) in [5, 5.41) is 0. The molecule has 0 fully saturated rings. The van der Waals surface area contributed by atoms with Gasteiger partial charge in [0.25, 0.3) is 0 Å². The zero-order chi connectivity index (χ0) is 6.62. The molecule has 2 nitrogen and oxygen atoms in total. The maximum atomic E-state index is 5.54. The highest BCUT2D eigenvalue weighted by atomic mass is 16.5. The van der Waals surface area contributed by atoms with Gasteiger partial charge in [0.15, 0.2) is 0 Å². The summed E-state index contributed by atoms with van der Waals surface area (Å²) in [5.41, 5.74) is 5.02. The molecule has 0 saturated carbocycles. The maximum Gasteiger partial charge on any atom is 0.113 e. The second-order valence-corrected chi connectivity index (χ2v) is 2.00. The van der Waals surface area contributed by atoms with Crippen molar-refractivity contribution in [3.05, 3.63) is 6.92 Å². The number of nitrogens with two attached hydrogens (primary N) is 1. The number of hydrogen-bond donors (Lipinski definition) is 1. The Kier molecular flexibility index (Phi) is 3.02. The standard InChI is InChI=1S/C6H14NO/c1-4-6(3,7)8-5-2/h1,4-5,7H2,2-3H3. The molecule has 0 aliphatic carbocycles. The molecular weight excluding hydrogens is 102 g/mol. The topological polar surface area (TPSA) is 35.2 Å². The minimum Gasteiger partial charge on any atom is -0.361 e. The summed E-state index contributed by atoms with van der Waals surface area (Å²) in [6.07, 6.45) is 0.612. The molecule has 0 aromatic rings. The van der Waals surface area contributed by atoms with Gasteiger partial charge in [0, 0.05) is 6.61 Å². The Morgan fingerprint density at radius 2 is 2.25 bits per heavy atom. The van der Waals surface area contributed by atoms with Crippen molar-refractivity contribution in [1.29, 1.82) is 0 Å². The van der Waals surface area contributed by atoms with Crippen LogP contribution in [0.5, 0.6) is 0 Å². The molecule has 0 aromatic carbocycles. The van der Waals surface area contributed by atoms with Crippen molar-refractivity contribution in [2.45, 2.75) is 26.0 Å². The van der Waals surface area contributed by atoms with E-state index in [1.807, 2.05) is 13.8 Å². The average Bonchev–Trinajstić information content (AvgIpc) is 1.67. The van der Waals surface area contributed by atoms with Crippen molar-refractivity contribution in [2.75, 3.05) is 6.61 Å². The van der Waals surface area contributed by atoms with Crippen LogP contribution in [0.3, 0.4) is 0 Å². The van der Waals surface area contributed by atoms with Crippen LogP contribution >= 0.6 is 0 Å². The van der Waals surface area contributed by atoms with E-state index in [1.54, 1.807) is 0 Å². The fourth-order valence-corrected chi connectivity index (χ4v) is 0.402. The van der Waals surface area contributed by atoms with E-state index in [9.17, 15) is 0 Å². The summed E-state index contributed by atoms with van der Waals surface area (Å²) in [4.78, 5) is 0. The highest BCUT2D eigenvalue weighted by Crippen LogP contribution is 2.04. The molecule has 0 bridgehead atoms. The van der Waals surface area contributed by atoms with Crippen LogP contribution in [-0.4, -0.2) is 12.3 Å². The second kappa shape index (κ2) is 3.05. The van der Waals surface area contributed by atoms with Gasteiger partial charge in [-0.25, -0.2) is 0 Å². The van der Waals surface area contributed by atoms with Crippen LogP contribution in [0.1, 0.15) is 20.3 Å². The fraction of sp³-hybridized carbons (Fsp3) is 0.833. The third-order valence-electron chi connectivity index (χ3n) is 0.970. The molecule has 0 aliphatic heterocycles.